The Morgan fingerprint density at radius 2 is 1.90 bits per heavy atom. The van der Waals surface area contributed by atoms with Gasteiger partial charge < -0.3 is 24.8 Å². The number of aryl methyl sites for hydroxylation is 1. The van der Waals surface area contributed by atoms with Gasteiger partial charge in [-0.1, -0.05) is 31.0 Å². The molecule has 4 aliphatic rings. The summed E-state index contributed by atoms with van der Waals surface area (Å²) in [5.41, 5.74) is -0.124. The number of hydrogen-bond donors (Lipinski definition) is 2. The van der Waals surface area contributed by atoms with Crippen LogP contribution in [0.5, 0.6) is 17.6 Å². The van der Waals surface area contributed by atoms with Crippen LogP contribution in [0.4, 0.5) is 14.6 Å². The van der Waals surface area contributed by atoms with Crippen LogP contribution in [0, 0.1) is 24.0 Å². The van der Waals surface area contributed by atoms with Crippen molar-refractivity contribution >= 4 is 27.5 Å². The van der Waals surface area contributed by atoms with Gasteiger partial charge in [-0.2, -0.15) is 9.97 Å². The Morgan fingerprint density at radius 3 is 2.61 bits per heavy atom. The molecular formula is C37H41F2N9O3. The Labute approximate surface area is 294 Å². The molecule has 3 aromatic heterocycles. The van der Waals surface area contributed by atoms with E-state index in [2.05, 4.69) is 41.3 Å². The molecule has 14 heteroatoms. The third-order valence-corrected chi connectivity index (χ3v) is 10.0. The van der Waals surface area contributed by atoms with Gasteiger partial charge in [-0.05, 0) is 62.4 Å². The predicted molar refractivity (Wildman–Crippen MR) is 190 cm³/mol. The number of fused-ring (bicyclic) bond motifs is 4. The molecule has 3 fully saturated rings. The molecular weight excluding hydrogens is 656 g/mol. The lowest BCUT2D eigenvalue weighted by atomic mass is 9.95. The van der Waals surface area contributed by atoms with E-state index in [1.807, 2.05) is 20.9 Å². The van der Waals surface area contributed by atoms with Crippen molar-refractivity contribution in [3.05, 3.63) is 53.9 Å². The molecule has 2 N–H and O–H groups in total. The molecule has 7 heterocycles. The van der Waals surface area contributed by atoms with Gasteiger partial charge in [0.15, 0.2) is 5.82 Å². The molecule has 0 spiro atoms. The standard InChI is InChI=1S/C32H30F2N6O3.C3H5N3.C2H6/c1-2-21-23(33)6-5-18-13-20(41)14-22(24(18)21)27-26(34)28-25-29(40-12-9-35-15-19(40)16-42-30(25)36-27)38-31(37-28)43-17-32-7-3-10-39(32)11-4-8-32;1-6-3-2-4-5-6;1-2/h1,5-6,13-14,19,35,41H,3-4,7-12,15-17H2;2-3H,1H3;1-2H3/t19-;;/m0../s1. The van der Waals surface area contributed by atoms with Gasteiger partial charge in [0.2, 0.25) is 5.88 Å². The molecule has 51 heavy (non-hydrogen) atoms. The highest BCUT2D eigenvalue weighted by Gasteiger charge is 2.45. The van der Waals surface area contributed by atoms with Crippen molar-refractivity contribution in [2.24, 2.45) is 7.05 Å². The Morgan fingerprint density at radius 1 is 1.10 bits per heavy atom. The summed E-state index contributed by atoms with van der Waals surface area (Å²) in [6.45, 7) is 8.85. The van der Waals surface area contributed by atoms with Crippen LogP contribution in [0.1, 0.15) is 45.1 Å². The first kappa shape index (κ1) is 34.3. The lowest BCUT2D eigenvalue weighted by Gasteiger charge is -2.35. The topological polar surface area (TPSA) is 127 Å². The number of phenolic OH excluding ortho intramolecular Hbond substituents is 1. The van der Waals surface area contributed by atoms with E-state index in [4.69, 9.17) is 20.9 Å². The first-order valence-electron chi connectivity index (χ1n) is 17.5. The van der Waals surface area contributed by atoms with Crippen molar-refractivity contribution in [1.82, 2.24) is 40.2 Å². The highest BCUT2D eigenvalue weighted by atomic mass is 19.1. The maximum absolute atomic E-state index is 16.8. The zero-order valence-corrected chi connectivity index (χ0v) is 29.0. The number of benzene rings is 2. The van der Waals surface area contributed by atoms with Crippen molar-refractivity contribution in [3.63, 3.8) is 0 Å². The second-order valence-electron chi connectivity index (χ2n) is 12.9. The number of nitrogens with one attached hydrogen (secondary N) is 1. The second-order valence-corrected chi connectivity index (χ2v) is 12.9. The van der Waals surface area contributed by atoms with E-state index in [0.29, 0.717) is 36.3 Å². The van der Waals surface area contributed by atoms with Gasteiger partial charge in [0, 0.05) is 43.8 Å². The van der Waals surface area contributed by atoms with Gasteiger partial charge in [0.25, 0.3) is 0 Å². The van der Waals surface area contributed by atoms with Crippen LogP contribution < -0.4 is 19.7 Å². The number of piperazine rings is 1. The number of hydrogen-bond acceptors (Lipinski definition) is 11. The first-order valence-corrected chi connectivity index (χ1v) is 17.5. The van der Waals surface area contributed by atoms with Crippen LogP contribution in [-0.4, -0.2) is 97.5 Å². The molecule has 0 unspecified atom stereocenters. The molecule has 0 amide bonds. The van der Waals surface area contributed by atoms with E-state index in [1.165, 1.54) is 24.3 Å². The summed E-state index contributed by atoms with van der Waals surface area (Å²) in [6, 6.07) is 5.53. The van der Waals surface area contributed by atoms with Crippen LogP contribution in [0.3, 0.4) is 0 Å². The number of nitrogens with zero attached hydrogens (tertiary/aromatic N) is 8. The van der Waals surface area contributed by atoms with Crippen molar-refractivity contribution in [1.29, 1.82) is 0 Å². The SMILES string of the molecule is C#Cc1c(F)ccc2cc(O)cc(-c3nc4c5c(nc(OCC67CCCN6CCC7)nc5c3F)N3CCNC[C@H]3CO4)c12.CC.Cn1ccnn1. The van der Waals surface area contributed by atoms with Crippen LogP contribution in [0.15, 0.2) is 36.7 Å². The predicted octanol–water partition coefficient (Wildman–Crippen LogP) is 4.83. The molecule has 4 aliphatic heterocycles. The highest BCUT2D eigenvalue weighted by molar-refractivity contribution is 6.04. The molecule has 12 nitrogen and oxygen atoms in total. The summed E-state index contributed by atoms with van der Waals surface area (Å²) in [5.74, 6) is 1.53. The fourth-order valence-electron chi connectivity index (χ4n) is 7.70. The van der Waals surface area contributed by atoms with E-state index in [1.54, 1.807) is 17.1 Å². The zero-order chi connectivity index (χ0) is 35.7. The minimum absolute atomic E-state index is 0.0125. The lowest BCUT2D eigenvalue weighted by Crippen LogP contribution is -2.53. The monoisotopic (exact) mass is 697 g/mol. The molecule has 0 saturated carbocycles. The van der Waals surface area contributed by atoms with Crippen molar-refractivity contribution in [3.8, 4) is 41.2 Å². The Balaban J connectivity index is 0.000000456. The van der Waals surface area contributed by atoms with Gasteiger partial charge in [-0.25, -0.2) is 13.8 Å². The van der Waals surface area contributed by atoms with Crippen LogP contribution >= 0.6 is 0 Å². The lowest BCUT2D eigenvalue weighted by molar-refractivity contribution is 0.108. The van der Waals surface area contributed by atoms with Crippen molar-refractivity contribution in [2.75, 3.05) is 50.8 Å². The van der Waals surface area contributed by atoms with E-state index >= 15 is 4.39 Å². The molecule has 9 rings (SSSR count). The van der Waals surface area contributed by atoms with Gasteiger partial charge in [0.05, 0.1) is 23.3 Å². The molecule has 1 atom stereocenters. The van der Waals surface area contributed by atoms with Crippen molar-refractivity contribution < 1.29 is 23.4 Å². The summed E-state index contributed by atoms with van der Waals surface area (Å²) in [5, 5.41) is 22.2. The molecule has 266 valence electrons. The minimum atomic E-state index is -0.759. The molecule has 0 bridgehead atoms. The van der Waals surface area contributed by atoms with Gasteiger partial charge in [0.1, 0.15) is 47.2 Å². The summed E-state index contributed by atoms with van der Waals surface area (Å²) in [4.78, 5) is 18.7. The van der Waals surface area contributed by atoms with Gasteiger partial charge in [-0.15, -0.1) is 11.5 Å². The molecule has 2 aromatic carbocycles. The van der Waals surface area contributed by atoms with E-state index in [-0.39, 0.29) is 63.6 Å². The quantitative estimate of drug-likeness (QED) is 0.251. The fraction of sp³-hybridized carbons (Fsp3) is 0.432. The highest BCUT2D eigenvalue weighted by Crippen LogP contribution is 2.44. The van der Waals surface area contributed by atoms with Crippen molar-refractivity contribution in [2.45, 2.75) is 51.1 Å². The maximum Gasteiger partial charge on any atom is 0.319 e. The average Bonchev–Trinajstić information content (AvgIpc) is 3.87. The van der Waals surface area contributed by atoms with Gasteiger partial charge >= 0.3 is 6.01 Å². The zero-order valence-electron chi connectivity index (χ0n) is 29.0. The number of halogens is 2. The smallest absolute Gasteiger partial charge is 0.319 e. The first-order chi connectivity index (χ1) is 24.8. The third-order valence-electron chi connectivity index (χ3n) is 10.0. The number of rotatable bonds is 4. The molecule has 3 saturated heterocycles. The summed E-state index contributed by atoms with van der Waals surface area (Å²) < 4.78 is 45.9. The Kier molecular flexibility index (Phi) is 9.58. The molecule has 5 aromatic rings. The molecule has 0 aliphatic carbocycles. The number of anilines is 1. The largest absolute Gasteiger partial charge is 0.508 e. The Hall–Kier alpha value is -5.13. The number of aromatic nitrogens is 6. The summed E-state index contributed by atoms with van der Waals surface area (Å²) >= 11 is 0. The number of phenols is 1. The van der Waals surface area contributed by atoms with Crippen LogP contribution in [0.2, 0.25) is 0 Å². The average molecular weight is 698 g/mol. The Bertz CT molecular complexity index is 2090. The normalized spacial score (nSPS) is 18.7. The fourth-order valence-corrected chi connectivity index (χ4v) is 7.70. The number of ether oxygens (including phenoxy) is 2. The minimum Gasteiger partial charge on any atom is -0.508 e. The maximum atomic E-state index is 16.8. The second kappa shape index (κ2) is 14.2. The molecule has 0 radical (unpaired) electrons. The van der Waals surface area contributed by atoms with Crippen LogP contribution in [-0.2, 0) is 7.05 Å². The number of terminal acetylenes is 1. The number of aromatic hydroxyl groups is 1. The van der Waals surface area contributed by atoms with Gasteiger partial charge in [-0.3, -0.25) is 9.58 Å². The third kappa shape index (κ3) is 6.25. The van der Waals surface area contributed by atoms with E-state index in [9.17, 15) is 9.50 Å². The van der Waals surface area contributed by atoms with E-state index < -0.39 is 11.6 Å². The number of pyridine rings is 1. The van der Waals surface area contributed by atoms with E-state index in [0.717, 1.165) is 45.3 Å². The summed E-state index contributed by atoms with van der Waals surface area (Å²) in [6.07, 6.45) is 13.5. The van der Waals surface area contributed by atoms with Crippen LogP contribution in [0.25, 0.3) is 32.9 Å². The summed E-state index contributed by atoms with van der Waals surface area (Å²) in [7, 11) is 1.83.